The molecular formula is C33H26B2O4. The second kappa shape index (κ2) is 10.7. The normalized spacial score (nSPS) is 24.2. The lowest BCUT2D eigenvalue weighted by atomic mass is 9.78. The topological polar surface area (TPSA) is 36.9 Å². The lowest BCUT2D eigenvalue weighted by molar-refractivity contribution is 0.159. The van der Waals surface area contributed by atoms with Crippen LogP contribution < -0.4 is 0 Å². The molecule has 2 saturated heterocycles. The summed E-state index contributed by atoms with van der Waals surface area (Å²) in [4.78, 5) is 0. The van der Waals surface area contributed by atoms with Crippen molar-refractivity contribution in [2.24, 2.45) is 0 Å². The Morgan fingerprint density at radius 1 is 0.385 bits per heavy atom. The molecule has 39 heavy (non-hydrogen) atoms. The molecule has 4 aromatic carbocycles. The number of rotatable bonds is 6. The summed E-state index contributed by atoms with van der Waals surface area (Å²) in [6, 6.07) is 41.0. The minimum atomic E-state index is -0.551. The predicted octanol–water partition coefficient (Wildman–Crippen LogP) is 7.12. The van der Waals surface area contributed by atoms with Crippen LogP contribution in [0.15, 0.2) is 150 Å². The summed E-state index contributed by atoms with van der Waals surface area (Å²) in [5, 5.41) is 0. The fraction of sp³-hybridized carbons (Fsp3) is 0.121. The van der Waals surface area contributed by atoms with Gasteiger partial charge in [0, 0.05) is 10.9 Å². The van der Waals surface area contributed by atoms with Crippen molar-refractivity contribution in [2.75, 3.05) is 0 Å². The highest BCUT2D eigenvalue weighted by Crippen LogP contribution is 2.45. The van der Waals surface area contributed by atoms with Gasteiger partial charge in [0.25, 0.3) is 0 Å². The average molecular weight is 508 g/mol. The van der Waals surface area contributed by atoms with Crippen LogP contribution in [0.4, 0.5) is 0 Å². The Hall–Kier alpha value is -3.89. The third kappa shape index (κ3) is 4.86. The van der Waals surface area contributed by atoms with E-state index in [0.29, 0.717) is 0 Å². The van der Waals surface area contributed by atoms with E-state index in [1.54, 1.807) is 0 Å². The van der Waals surface area contributed by atoms with E-state index in [1.807, 2.05) is 84.9 Å². The van der Waals surface area contributed by atoms with Gasteiger partial charge in [-0.2, -0.15) is 0 Å². The molecule has 4 atom stereocenters. The van der Waals surface area contributed by atoms with Gasteiger partial charge >= 0.3 is 14.2 Å². The average Bonchev–Trinajstić information content (AvgIpc) is 3.77. The molecular weight excluding hydrogens is 482 g/mol. The summed E-state index contributed by atoms with van der Waals surface area (Å²) in [6.07, 6.45) is 3.08. The van der Waals surface area contributed by atoms with Gasteiger partial charge in [0.2, 0.25) is 0 Å². The van der Waals surface area contributed by atoms with Crippen molar-refractivity contribution < 1.29 is 18.6 Å². The standard InChI is InChI=1S/C33H26B2O4/c1-5-13-24(14-6-1)30-31(25-15-7-2-8-16-25)37-34(36-30)28-21-22-29(23-28)35-38-32(26-17-9-3-10-18-26)33(39-35)27-19-11-4-12-20-27/h1-22,30-33H/t30-,31-,32-,33-/m0/s1. The van der Waals surface area contributed by atoms with Crippen LogP contribution in [-0.2, 0) is 18.6 Å². The van der Waals surface area contributed by atoms with E-state index in [-0.39, 0.29) is 24.4 Å². The third-order valence-corrected chi connectivity index (χ3v) is 7.38. The Kier molecular flexibility index (Phi) is 6.63. The van der Waals surface area contributed by atoms with Crippen molar-refractivity contribution in [3.8, 4) is 0 Å². The number of benzene rings is 4. The zero-order valence-electron chi connectivity index (χ0n) is 21.3. The van der Waals surface area contributed by atoms with Gasteiger partial charge in [-0.25, -0.2) is 0 Å². The van der Waals surface area contributed by atoms with Crippen molar-refractivity contribution in [3.63, 3.8) is 0 Å². The van der Waals surface area contributed by atoms with Crippen LogP contribution in [0.5, 0.6) is 0 Å². The number of hydrogen-bond acceptors (Lipinski definition) is 4. The molecule has 7 rings (SSSR count). The molecule has 1 aliphatic carbocycles. The SMILES string of the molecule is C1=C(B2O[C@@H](c3ccccc3)[C@H](c3ccccc3)O2)C=CC=1B1O[C@@H](c2ccccc2)[C@H](c2ccccc2)O1. The fourth-order valence-corrected chi connectivity index (χ4v) is 5.46. The second-order valence-electron chi connectivity index (χ2n) is 9.90. The highest BCUT2D eigenvalue weighted by molar-refractivity contribution is 6.58. The molecule has 4 nitrogen and oxygen atoms in total. The molecule has 2 aliphatic heterocycles. The first-order chi connectivity index (χ1) is 19.3. The summed E-state index contributed by atoms with van der Waals surface area (Å²) in [7, 11) is -1.10. The summed E-state index contributed by atoms with van der Waals surface area (Å²) in [5.74, 6) is 0. The first-order valence-corrected chi connectivity index (χ1v) is 13.3. The van der Waals surface area contributed by atoms with Gasteiger partial charge in [-0.3, -0.25) is 0 Å². The molecule has 0 bridgehead atoms. The Labute approximate surface area is 229 Å². The maximum absolute atomic E-state index is 6.52. The molecule has 3 aliphatic rings. The maximum atomic E-state index is 6.52. The van der Waals surface area contributed by atoms with Crippen LogP contribution >= 0.6 is 0 Å². The van der Waals surface area contributed by atoms with Gasteiger partial charge in [-0.15, -0.1) is 5.73 Å². The molecule has 0 amide bonds. The highest BCUT2D eigenvalue weighted by Gasteiger charge is 2.46. The molecule has 2 fully saturated rings. The molecule has 188 valence electrons. The van der Waals surface area contributed by atoms with E-state index in [9.17, 15) is 0 Å². The van der Waals surface area contributed by atoms with E-state index in [1.165, 1.54) is 0 Å². The second-order valence-corrected chi connectivity index (χ2v) is 9.90. The smallest absolute Gasteiger partial charge is 0.397 e. The summed E-state index contributed by atoms with van der Waals surface area (Å²) in [6.45, 7) is 0. The third-order valence-electron chi connectivity index (χ3n) is 7.38. The zero-order valence-corrected chi connectivity index (χ0v) is 21.3. The molecule has 0 saturated carbocycles. The van der Waals surface area contributed by atoms with E-state index in [4.69, 9.17) is 18.6 Å². The molecule has 0 radical (unpaired) electrons. The van der Waals surface area contributed by atoms with E-state index in [0.717, 1.165) is 33.2 Å². The van der Waals surface area contributed by atoms with Crippen LogP contribution in [0.3, 0.4) is 0 Å². The van der Waals surface area contributed by atoms with Crippen molar-refractivity contribution in [3.05, 3.63) is 172 Å². The summed E-state index contributed by atoms with van der Waals surface area (Å²) < 4.78 is 26.1. The van der Waals surface area contributed by atoms with Crippen LogP contribution in [0.2, 0.25) is 0 Å². The monoisotopic (exact) mass is 508 g/mol. The Morgan fingerprint density at radius 3 is 0.897 bits per heavy atom. The van der Waals surface area contributed by atoms with Gasteiger partial charge < -0.3 is 18.6 Å². The maximum Gasteiger partial charge on any atom is 0.503 e. The van der Waals surface area contributed by atoms with Crippen LogP contribution in [0, 0.1) is 0 Å². The highest BCUT2D eigenvalue weighted by atomic mass is 16.7. The van der Waals surface area contributed by atoms with Gasteiger partial charge in [0.1, 0.15) is 0 Å². The van der Waals surface area contributed by atoms with Gasteiger partial charge in [-0.05, 0) is 22.3 Å². The zero-order chi connectivity index (χ0) is 26.0. The van der Waals surface area contributed by atoms with Crippen molar-refractivity contribution in [1.82, 2.24) is 0 Å². The number of allylic oxidation sites excluding steroid dienone is 3. The van der Waals surface area contributed by atoms with Crippen LogP contribution in [-0.4, -0.2) is 14.2 Å². The largest absolute Gasteiger partial charge is 0.503 e. The van der Waals surface area contributed by atoms with Gasteiger partial charge in [0.05, 0.1) is 24.4 Å². The van der Waals surface area contributed by atoms with Crippen molar-refractivity contribution in [2.45, 2.75) is 24.4 Å². The molecule has 4 aromatic rings. The van der Waals surface area contributed by atoms with E-state index in [2.05, 4.69) is 54.3 Å². The summed E-state index contributed by atoms with van der Waals surface area (Å²) in [5.41, 5.74) is 9.48. The fourth-order valence-electron chi connectivity index (χ4n) is 5.46. The van der Waals surface area contributed by atoms with Crippen LogP contribution in [0.1, 0.15) is 46.7 Å². The Balaban J connectivity index is 1.18. The first kappa shape index (κ1) is 24.2. The van der Waals surface area contributed by atoms with E-state index >= 15 is 0 Å². The number of hydrogen-bond donors (Lipinski definition) is 0. The Bertz CT molecular complexity index is 1310. The molecule has 0 aromatic heterocycles. The lowest BCUT2D eigenvalue weighted by Crippen LogP contribution is -2.17. The van der Waals surface area contributed by atoms with Crippen molar-refractivity contribution >= 4 is 14.2 Å². The molecule has 0 unspecified atom stereocenters. The van der Waals surface area contributed by atoms with E-state index < -0.39 is 14.2 Å². The predicted molar refractivity (Wildman–Crippen MR) is 152 cm³/mol. The molecule has 6 heteroatoms. The quantitative estimate of drug-likeness (QED) is 0.205. The van der Waals surface area contributed by atoms with Crippen molar-refractivity contribution in [1.29, 1.82) is 0 Å². The molecule has 2 heterocycles. The minimum absolute atomic E-state index is 0.228. The summed E-state index contributed by atoms with van der Waals surface area (Å²) >= 11 is 0. The van der Waals surface area contributed by atoms with Gasteiger partial charge in [0.15, 0.2) is 0 Å². The first-order valence-electron chi connectivity index (χ1n) is 13.3. The molecule has 0 spiro atoms. The minimum Gasteiger partial charge on any atom is -0.397 e. The van der Waals surface area contributed by atoms with Gasteiger partial charge in [-0.1, -0.05) is 133 Å². The lowest BCUT2D eigenvalue weighted by Gasteiger charge is -2.19. The Morgan fingerprint density at radius 2 is 0.641 bits per heavy atom. The molecule has 0 N–H and O–H groups in total. The van der Waals surface area contributed by atoms with Crippen LogP contribution in [0.25, 0.3) is 0 Å².